The monoisotopic (exact) mass is 308 g/mol. The predicted molar refractivity (Wildman–Crippen MR) is 79.7 cm³/mol. The van der Waals surface area contributed by atoms with Crippen molar-refractivity contribution < 1.29 is 13.2 Å². The summed E-state index contributed by atoms with van der Waals surface area (Å²) in [5.41, 5.74) is 0.436. The van der Waals surface area contributed by atoms with E-state index in [9.17, 15) is 13.2 Å². The van der Waals surface area contributed by atoms with Gasteiger partial charge >= 0.3 is 0 Å². The zero-order valence-electron chi connectivity index (χ0n) is 12.1. The van der Waals surface area contributed by atoms with E-state index in [1.807, 2.05) is 0 Å². The lowest BCUT2D eigenvalue weighted by atomic mass is 9.94. The molecular weight excluding hydrogens is 288 g/mol. The number of ketones is 1. The van der Waals surface area contributed by atoms with Gasteiger partial charge in [0.1, 0.15) is 0 Å². The Kier molecular flexibility index (Phi) is 3.86. The molecule has 1 aromatic rings. The number of nitrogens with one attached hydrogen (secondary N) is 1. The van der Waals surface area contributed by atoms with Crippen molar-refractivity contribution in [1.29, 1.82) is 0 Å². The maximum atomic E-state index is 12.7. The number of hydrogen-bond acceptors (Lipinski definition) is 4. The van der Waals surface area contributed by atoms with Gasteiger partial charge in [0.05, 0.1) is 4.90 Å². The maximum absolute atomic E-state index is 12.7. The molecular formula is C15H20N2O3S. The first-order valence-electron chi connectivity index (χ1n) is 7.33. The van der Waals surface area contributed by atoms with Gasteiger partial charge in [-0.2, -0.15) is 4.31 Å². The second-order valence-corrected chi connectivity index (χ2v) is 7.81. The molecule has 0 amide bonds. The first kappa shape index (κ1) is 14.7. The minimum Gasteiger partial charge on any atom is -0.312 e. The van der Waals surface area contributed by atoms with Gasteiger partial charge in [-0.1, -0.05) is 12.1 Å². The Balaban J connectivity index is 1.87. The topological polar surface area (TPSA) is 66.5 Å². The highest BCUT2D eigenvalue weighted by Gasteiger charge is 2.40. The molecule has 1 aromatic carbocycles. The third kappa shape index (κ3) is 2.75. The van der Waals surface area contributed by atoms with Crippen molar-refractivity contribution in [3.8, 4) is 0 Å². The average Bonchev–Trinajstić information content (AvgIpc) is 2.92. The normalized spacial score (nSPS) is 26.5. The first-order valence-corrected chi connectivity index (χ1v) is 8.77. The van der Waals surface area contributed by atoms with Crippen LogP contribution in [0, 0.1) is 5.92 Å². The minimum atomic E-state index is -3.51. The first-order chi connectivity index (χ1) is 9.98. The molecule has 2 heterocycles. The van der Waals surface area contributed by atoms with Crippen LogP contribution < -0.4 is 5.32 Å². The van der Waals surface area contributed by atoms with E-state index < -0.39 is 10.0 Å². The number of rotatable bonds is 3. The van der Waals surface area contributed by atoms with Crippen LogP contribution in [-0.2, 0) is 10.0 Å². The number of piperidine rings is 1. The van der Waals surface area contributed by atoms with Crippen LogP contribution in [0.3, 0.4) is 0 Å². The standard InChI is InChI=1S/C15H20N2O3S/c1-11(18)12-4-2-6-14(8-12)21(19,20)17-9-13-5-3-7-16-15(13)10-17/h2,4,6,8,13,15-16H,3,5,7,9-10H2,1H3. The Morgan fingerprint density at radius 3 is 2.86 bits per heavy atom. The van der Waals surface area contributed by atoms with E-state index in [0.29, 0.717) is 24.6 Å². The fourth-order valence-corrected chi connectivity index (χ4v) is 4.80. The smallest absolute Gasteiger partial charge is 0.243 e. The molecule has 2 unspecified atom stereocenters. The molecule has 21 heavy (non-hydrogen) atoms. The molecule has 2 aliphatic rings. The lowest BCUT2D eigenvalue weighted by Crippen LogP contribution is -2.41. The van der Waals surface area contributed by atoms with Crippen molar-refractivity contribution >= 4 is 15.8 Å². The van der Waals surface area contributed by atoms with Crippen LogP contribution in [0.4, 0.5) is 0 Å². The summed E-state index contributed by atoms with van der Waals surface area (Å²) >= 11 is 0. The second-order valence-electron chi connectivity index (χ2n) is 5.87. The number of carbonyl (C=O) groups is 1. The fourth-order valence-electron chi connectivity index (χ4n) is 3.23. The highest BCUT2D eigenvalue weighted by molar-refractivity contribution is 7.89. The second kappa shape index (κ2) is 5.51. The van der Waals surface area contributed by atoms with Crippen molar-refractivity contribution in [2.24, 2.45) is 5.92 Å². The molecule has 0 bridgehead atoms. The van der Waals surface area contributed by atoms with E-state index in [1.165, 1.54) is 13.0 Å². The fraction of sp³-hybridized carbons (Fsp3) is 0.533. The molecule has 3 rings (SSSR count). The number of nitrogens with zero attached hydrogens (tertiary/aromatic N) is 1. The summed E-state index contributed by atoms with van der Waals surface area (Å²) in [5.74, 6) is 0.285. The summed E-state index contributed by atoms with van der Waals surface area (Å²) in [7, 11) is -3.51. The number of Topliss-reactive ketones (excluding diaryl/α,β-unsaturated/α-hetero) is 1. The summed E-state index contributed by atoms with van der Waals surface area (Å²) in [6.45, 7) is 3.51. The highest BCUT2D eigenvalue weighted by Crippen LogP contribution is 2.29. The number of fused-ring (bicyclic) bond motifs is 1. The van der Waals surface area contributed by atoms with Crippen LogP contribution in [0.15, 0.2) is 29.2 Å². The van der Waals surface area contributed by atoms with E-state index in [-0.39, 0.29) is 16.7 Å². The lowest BCUT2D eigenvalue weighted by Gasteiger charge is -2.24. The summed E-state index contributed by atoms with van der Waals surface area (Å²) in [5, 5.41) is 3.40. The van der Waals surface area contributed by atoms with E-state index >= 15 is 0 Å². The lowest BCUT2D eigenvalue weighted by molar-refractivity contribution is 0.101. The molecule has 2 aliphatic heterocycles. The van der Waals surface area contributed by atoms with Gasteiger partial charge < -0.3 is 5.32 Å². The van der Waals surface area contributed by atoms with Crippen LogP contribution in [0.2, 0.25) is 0 Å². The number of sulfonamides is 1. The van der Waals surface area contributed by atoms with Gasteiger partial charge in [-0.25, -0.2) is 8.42 Å². The van der Waals surface area contributed by atoms with Crippen LogP contribution in [0.1, 0.15) is 30.1 Å². The number of benzene rings is 1. The molecule has 0 aromatic heterocycles. The molecule has 5 nitrogen and oxygen atoms in total. The molecule has 0 spiro atoms. The van der Waals surface area contributed by atoms with E-state index in [4.69, 9.17) is 0 Å². The summed E-state index contributed by atoms with van der Waals surface area (Å²) in [6, 6.07) is 6.59. The Morgan fingerprint density at radius 1 is 1.33 bits per heavy atom. The molecule has 2 fully saturated rings. The van der Waals surface area contributed by atoms with Gasteiger partial charge in [-0.15, -0.1) is 0 Å². The van der Waals surface area contributed by atoms with Crippen LogP contribution >= 0.6 is 0 Å². The molecule has 2 atom stereocenters. The quantitative estimate of drug-likeness (QED) is 0.854. The summed E-state index contributed by atoms with van der Waals surface area (Å²) in [6.07, 6.45) is 2.19. The molecule has 0 aliphatic carbocycles. The van der Waals surface area contributed by atoms with Gasteiger partial charge in [0.25, 0.3) is 0 Å². The number of hydrogen-bond donors (Lipinski definition) is 1. The Hall–Kier alpha value is -1.24. The van der Waals surface area contributed by atoms with Crippen LogP contribution in [-0.4, -0.2) is 44.2 Å². The summed E-state index contributed by atoms with van der Waals surface area (Å²) in [4.78, 5) is 11.6. The zero-order valence-corrected chi connectivity index (χ0v) is 12.9. The molecule has 1 N–H and O–H groups in total. The Bertz CT molecular complexity index is 643. The predicted octanol–water partition coefficient (Wildman–Crippen LogP) is 1.26. The third-order valence-corrected chi connectivity index (χ3v) is 6.27. The van der Waals surface area contributed by atoms with Gasteiger partial charge in [0.15, 0.2) is 5.78 Å². The molecule has 0 saturated carbocycles. The molecule has 6 heteroatoms. The van der Waals surface area contributed by atoms with E-state index in [0.717, 1.165) is 19.4 Å². The van der Waals surface area contributed by atoms with Gasteiger partial charge in [-0.05, 0) is 44.4 Å². The minimum absolute atomic E-state index is 0.121. The van der Waals surface area contributed by atoms with Crippen molar-refractivity contribution in [3.05, 3.63) is 29.8 Å². The third-order valence-electron chi connectivity index (χ3n) is 4.44. The van der Waals surface area contributed by atoms with Crippen LogP contribution in [0.5, 0.6) is 0 Å². The molecule has 114 valence electrons. The van der Waals surface area contributed by atoms with Gasteiger partial charge in [-0.3, -0.25) is 4.79 Å². The van der Waals surface area contributed by atoms with E-state index in [1.54, 1.807) is 22.5 Å². The van der Waals surface area contributed by atoms with Crippen molar-refractivity contribution in [2.45, 2.75) is 30.7 Å². The SMILES string of the molecule is CC(=O)c1cccc(S(=O)(=O)N2CC3CCCNC3C2)c1. The average molecular weight is 308 g/mol. The van der Waals surface area contributed by atoms with Gasteiger partial charge in [0.2, 0.25) is 10.0 Å². The molecule has 0 radical (unpaired) electrons. The maximum Gasteiger partial charge on any atom is 0.243 e. The zero-order chi connectivity index (χ0) is 15.0. The van der Waals surface area contributed by atoms with E-state index in [2.05, 4.69) is 5.32 Å². The number of carbonyl (C=O) groups excluding carboxylic acids is 1. The van der Waals surface area contributed by atoms with Crippen LogP contribution in [0.25, 0.3) is 0 Å². The largest absolute Gasteiger partial charge is 0.312 e. The molecule has 2 saturated heterocycles. The Morgan fingerprint density at radius 2 is 2.14 bits per heavy atom. The van der Waals surface area contributed by atoms with Crippen molar-refractivity contribution in [3.63, 3.8) is 0 Å². The highest BCUT2D eigenvalue weighted by atomic mass is 32.2. The summed E-state index contributed by atoms with van der Waals surface area (Å²) < 4.78 is 27.0. The van der Waals surface area contributed by atoms with Crippen molar-refractivity contribution in [2.75, 3.05) is 19.6 Å². The Labute approximate surface area is 125 Å². The van der Waals surface area contributed by atoms with Gasteiger partial charge in [0, 0.05) is 24.7 Å². The van der Waals surface area contributed by atoms with Crippen molar-refractivity contribution in [1.82, 2.24) is 9.62 Å².